The summed E-state index contributed by atoms with van der Waals surface area (Å²) in [7, 11) is 1.64. The number of aromatic nitrogens is 4. The quantitative estimate of drug-likeness (QED) is 0.525. The van der Waals surface area contributed by atoms with Gasteiger partial charge in [-0.05, 0) is 42.7 Å². The summed E-state index contributed by atoms with van der Waals surface area (Å²) in [4.78, 5) is 33.4. The second-order valence-corrected chi connectivity index (χ2v) is 8.03. The molecule has 3 aromatic rings. The van der Waals surface area contributed by atoms with Crippen LogP contribution >= 0.6 is 0 Å². The third kappa shape index (κ3) is 4.18. The summed E-state index contributed by atoms with van der Waals surface area (Å²) in [6.07, 6.45) is -0.904. The van der Waals surface area contributed by atoms with E-state index in [2.05, 4.69) is 21.1 Å². The third-order valence-electron chi connectivity index (χ3n) is 5.88. The van der Waals surface area contributed by atoms with Crippen LogP contribution < -0.4 is 0 Å². The van der Waals surface area contributed by atoms with E-state index in [4.69, 9.17) is 10.00 Å². The minimum atomic E-state index is -1.23. The molecule has 34 heavy (non-hydrogen) atoms. The molecule has 0 fully saturated rings. The summed E-state index contributed by atoms with van der Waals surface area (Å²) in [5.74, 6) is 0.254. The lowest BCUT2D eigenvalue weighted by Crippen LogP contribution is -2.34. The molecule has 1 atom stereocenters. The maximum atomic E-state index is 11.9. The molecule has 3 heterocycles. The summed E-state index contributed by atoms with van der Waals surface area (Å²) in [6.45, 7) is 3.36. The minimum absolute atomic E-state index is 0.114. The average molecular weight is 462 g/mol. The van der Waals surface area contributed by atoms with Gasteiger partial charge in [0.05, 0.1) is 30.3 Å². The van der Waals surface area contributed by atoms with Crippen molar-refractivity contribution in [3.63, 3.8) is 0 Å². The molecule has 0 spiro atoms. The normalized spacial score (nSPS) is 13.2. The number of ether oxygens (including phenoxy) is 1. The zero-order chi connectivity index (χ0) is 24.6. The monoisotopic (exact) mass is 462 g/mol. The first-order chi connectivity index (χ1) is 16.2. The van der Waals surface area contributed by atoms with Crippen molar-refractivity contribution in [2.24, 2.45) is 7.05 Å². The lowest BCUT2D eigenvalue weighted by molar-refractivity contribution is 0.0534. The van der Waals surface area contributed by atoms with Gasteiger partial charge in [0.2, 0.25) is 0 Å². The number of nitrogens with zero attached hydrogens (tertiary/aromatic N) is 6. The first-order valence-electron chi connectivity index (χ1n) is 10.4. The van der Waals surface area contributed by atoms with Gasteiger partial charge >= 0.3 is 12.1 Å². The molecule has 11 heteroatoms. The maximum absolute atomic E-state index is 11.9. The number of aryl methyl sites for hydroxylation is 2. The van der Waals surface area contributed by atoms with Crippen LogP contribution in [0.25, 0.3) is 11.5 Å². The Labute approximate surface area is 194 Å². The van der Waals surface area contributed by atoms with Gasteiger partial charge in [0, 0.05) is 18.8 Å². The molecule has 0 saturated carbocycles. The summed E-state index contributed by atoms with van der Waals surface area (Å²) < 4.78 is 6.50. The Morgan fingerprint density at radius 2 is 2.15 bits per heavy atom. The van der Waals surface area contributed by atoms with Crippen molar-refractivity contribution in [3.8, 4) is 17.6 Å². The number of cyclic esters (lactones) is 1. The van der Waals surface area contributed by atoms with Gasteiger partial charge in [-0.2, -0.15) is 5.26 Å². The van der Waals surface area contributed by atoms with Crippen molar-refractivity contribution in [3.05, 3.63) is 63.6 Å². The van der Waals surface area contributed by atoms with Crippen LogP contribution in [0.15, 0.2) is 24.4 Å². The molecule has 1 aliphatic heterocycles. The molecule has 11 nitrogen and oxygen atoms in total. The number of carbonyl (C=O) groups is 2. The molecular weight excluding hydrogens is 440 g/mol. The number of pyridine rings is 1. The molecule has 0 unspecified atom stereocenters. The molecule has 1 amide bonds. The van der Waals surface area contributed by atoms with Gasteiger partial charge in [-0.25, -0.2) is 14.6 Å². The highest BCUT2D eigenvalue weighted by Crippen LogP contribution is 2.29. The standard InChI is InChI=1S/C23H22N6O5/c1-12-6-18(25-8-14(12)7-24)21-26-20(28(3)27-21)10-29(23(32)33)9-19(30)15-4-5-16-17(13(15)2)11-34-22(16)31/h4-6,8,19,30H,9-11H2,1-3H3,(H,32,33)/t19-/m0/s1. The van der Waals surface area contributed by atoms with E-state index in [1.54, 1.807) is 39.1 Å². The van der Waals surface area contributed by atoms with Crippen molar-refractivity contribution >= 4 is 12.1 Å². The molecule has 0 saturated heterocycles. The largest absolute Gasteiger partial charge is 0.465 e. The van der Waals surface area contributed by atoms with Crippen LogP contribution in [0.1, 0.15) is 50.1 Å². The maximum Gasteiger partial charge on any atom is 0.407 e. The topological polar surface area (TPSA) is 154 Å². The number of hydrogen-bond acceptors (Lipinski definition) is 8. The van der Waals surface area contributed by atoms with E-state index in [-0.39, 0.29) is 19.7 Å². The van der Waals surface area contributed by atoms with Crippen molar-refractivity contribution < 1.29 is 24.5 Å². The Kier molecular flexibility index (Phi) is 6.00. The number of carbonyl (C=O) groups excluding carboxylic acids is 1. The highest BCUT2D eigenvalue weighted by Gasteiger charge is 2.27. The summed E-state index contributed by atoms with van der Waals surface area (Å²) in [5, 5.41) is 34.0. The number of nitriles is 1. The molecule has 0 radical (unpaired) electrons. The number of aliphatic hydroxyl groups excluding tert-OH is 1. The van der Waals surface area contributed by atoms with Crippen LogP contribution in [0.2, 0.25) is 0 Å². The zero-order valence-electron chi connectivity index (χ0n) is 18.8. The van der Waals surface area contributed by atoms with E-state index in [0.29, 0.717) is 45.2 Å². The minimum Gasteiger partial charge on any atom is -0.465 e. The molecule has 1 aromatic carbocycles. The van der Waals surface area contributed by atoms with E-state index < -0.39 is 18.2 Å². The van der Waals surface area contributed by atoms with Gasteiger partial charge in [-0.15, -0.1) is 5.10 Å². The smallest absolute Gasteiger partial charge is 0.407 e. The molecular formula is C23H22N6O5. The fourth-order valence-corrected chi connectivity index (χ4v) is 3.88. The number of amides is 1. The molecule has 0 bridgehead atoms. The molecule has 2 N–H and O–H groups in total. The Morgan fingerprint density at radius 1 is 1.38 bits per heavy atom. The van der Waals surface area contributed by atoms with Gasteiger partial charge < -0.3 is 14.9 Å². The highest BCUT2D eigenvalue weighted by molar-refractivity contribution is 5.94. The summed E-state index contributed by atoms with van der Waals surface area (Å²) >= 11 is 0. The lowest BCUT2D eigenvalue weighted by atomic mass is 9.95. The molecule has 4 rings (SSSR count). The van der Waals surface area contributed by atoms with E-state index in [0.717, 1.165) is 10.5 Å². The van der Waals surface area contributed by atoms with Crippen LogP contribution in [0.4, 0.5) is 4.79 Å². The van der Waals surface area contributed by atoms with Crippen molar-refractivity contribution in [2.45, 2.75) is 33.1 Å². The number of aliphatic hydroxyl groups is 1. The number of esters is 1. The van der Waals surface area contributed by atoms with Crippen LogP contribution in [0, 0.1) is 25.2 Å². The first kappa shape index (κ1) is 22.9. The Balaban J connectivity index is 1.55. The van der Waals surface area contributed by atoms with E-state index >= 15 is 0 Å². The number of benzene rings is 1. The predicted molar refractivity (Wildman–Crippen MR) is 117 cm³/mol. The van der Waals surface area contributed by atoms with Crippen LogP contribution in [-0.2, 0) is 24.9 Å². The number of fused-ring (bicyclic) bond motifs is 1. The third-order valence-corrected chi connectivity index (χ3v) is 5.88. The molecule has 1 aliphatic rings. The van der Waals surface area contributed by atoms with Gasteiger partial charge in [0.1, 0.15) is 24.2 Å². The van der Waals surface area contributed by atoms with Gasteiger partial charge in [0.15, 0.2) is 5.82 Å². The average Bonchev–Trinajstić information content (AvgIpc) is 3.36. The van der Waals surface area contributed by atoms with E-state index in [1.165, 1.54) is 10.9 Å². The van der Waals surface area contributed by atoms with E-state index in [9.17, 15) is 19.8 Å². The fourth-order valence-electron chi connectivity index (χ4n) is 3.88. The Morgan fingerprint density at radius 3 is 2.82 bits per heavy atom. The van der Waals surface area contributed by atoms with Crippen LogP contribution in [0.3, 0.4) is 0 Å². The van der Waals surface area contributed by atoms with Gasteiger partial charge in [0.25, 0.3) is 0 Å². The van der Waals surface area contributed by atoms with Crippen LogP contribution in [-0.4, -0.2) is 53.5 Å². The van der Waals surface area contributed by atoms with Crippen LogP contribution in [0.5, 0.6) is 0 Å². The second kappa shape index (κ2) is 8.92. The summed E-state index contributed by atoms with van der Waals surface area (Å²) in [6, 6.07) is 6.95. The first-order valence-corrected chi connectivity index (χ1v) is 10.4. The van der Waals surface area contributed by atoms with Crippen molar-refractivity contribution in [1.82, 2.24) is 24.6 Å². The van der Waals surface area contributed by atoms with Gasteiger partial charge in [-0.1, -0.05) is 6.07 Å². The van der Waals surface area contributed by atoms with Crippen molar-refractivity contribution in [1.29, 1.82) is 5.26 Å². The van der Waals surface area contributed by atoms with E-state index in [1.807, 2.05) is 0 Å². The summed E-state index contributed by atoms with van der Waals surface area (Å²) in [5.41, 5.74) is 4.03. The lowest BCUT2D eigenvalue weighted by Gasteiger charge is -2.23. The predicted octanol–water partition coefficient (Wildman–Crippen LogP) is 2.25. The highest BCUT2D eigenvalue weighted by atomic mass is 16.5. The fraction of sp³-hybridized carbons (Fsp3) is 0.304. The number of carboxylic acid groups (broad SMARTS) is 1. The molecule has 174 valence electrons. The molecule has 0 aliphatic carbocycles. The SMILES string of the molecule is Cc1cc(-c2nc(CN(C[C@H](O)c3ccc4c(c3C)COC4=O)C(=O)O)n(C)n2)ncc1C#N. The molecule has 2 aromatic heterocycles. The zero-order valence-corrected chi connectivity index (χ0v) is 18.8. The Hall–Kier alpha value is -4.30. The second-order valence-electron chi connectivity index (χ2n) is 8.03. The van der Waals surface area contributed by atoms with Crippen molar-refractivity contribution in [2.75, 3.05) is 6.54 Å². The number of hydrogen-bond donors (Lipinski definition) is 2. The van der Waals surface area contributed by atoms with Gasteiger partial charge in [-0.3, -0.25) is 14.6 Å². The Bertz CT molecular complexity index is 1340. The number of rotatable bonds is 6.